The van der Waals surface area contributed by atoms with E-state index >= 15 is 0 Å². The molecular weight excluding hydrogens is 220 g/mol. The molecule has 2 nitrogen and oxygen atoms in total. The van der Waals surface area contributed by atoms with Gasteiger partial charge in [-0.2, -0.15) is 0 Å². The van der Waals surface area contributed by atoms with Crippen LogP contribution in [0, 0.1) is 5.92 Å². The Hall–Kier alpha value is -0.0800. The van der Waals surface area contributed by atoms with Crippen molar-refractivity contribution in [2.75, 3.05) is 19.6 Å². The van der Waals surface area contributed by atoms with Crippen LogP contribution in [0.5, 0.6) is 0 Å². The number of nitrogens with one attached hydrogen (secondary N) is 1. The zero-order valence-corrected chi connectivity index (χ0v) is 13.0. The molecule has 1 aliphatic rings. The van der Waals surface area contributed by atoms with Crippen molar-refractivity contribution in [2.45, 2.75) is 78.3 Å². The minimum absolute atomic E-state index is 0.681. The van der Waals surface area contributed by atoms with Crippen molar-refractivity contribution in [1.82, 2.24) is 10.2 Å². The lowest BCUT2D eigenvalue weighted by atomic mass is 10.0. The van der Waals surface area contributed by atoms with E-state index in [1.54, 1.807) is 0 Å². The van der Waals surface area contributed by atoms with Crippen LogP contribution >= 0.6 is 0 Å². The predicted molar refractivity (Wildman–Crippen MR) is 81.0 cm³/mol. The fourth-order valence-corrected chi connectivity index (χ4v) is 2.98. The van der Waals surface area contributed by atoms with Gasteiger partial charge in [0.25, 0.3) is 0 Å². The molecule has 0 spiro atoms. The highest BCUT2D eigenvalue weighted by Gasteiger charge is 2.24. The van der Waals surface area contributed by atoms with Crippen LogP contribution in [0.15, 0.2) is 0 Å². The van der Waals surface area contributed by atoms with E-state index in [1.165, 1.54) is 58.2 Å². The molecule has 0 aromatic rings. The van der Waals surface area contributed by atoms with E-state index in [2.05, 4.69) is 37.9 Å². The highest BCUT2D eigenvalue weighted by Crippen LogP contribution is 2.17. The summed E-state index contributed by atoms with van der Waals surface area (Å²) in [6, 6.07) is 1.42. The van der Waals surface area contributed by atoms with E-state index in [1.807, 2.05) is 0 Å². The van der Waals surface area contributed by atoms with Gasteiger partial charge >= 0.3 is 0 Å². The maximum absolute atomic E-state index is 3.76. The Morgan fingerprint density at radius 1 is 1.06 bits per heavy atom. The van der Waals surface area contributed by atoms with Gasteiger partial charge in [0, 0.05) is 18.6 Å². The van der Waals surface area contributed by atoms with E-state index in [0.717, 1.165) is 12.0 Å². The highest BCUT2D eigenvalue weighted by atomic mass is 15.2. The average Bonchev–Trinajstić information content (AvgIpc) is 2.83. The molecule has 0 aliphatic carbocycles. The van der Waals surface area contributed by atoms with Crippen LogP contribution < -0.4 is 5.32 Å². The van der Waals surface area contributed by atoms with Gasteiger partial charge in [0.2, 0.25) is 0 Å². The molecule has 1 saturated heterocycles. The van der Waals surface area contributed by atoms with Crippen molar-refractivity contribution >= 4 is 0 Å². The monoisotopic (exact) mass is 254 g/mol. The predicted octanol–water partition coefficient (Wildman–Crippen LogP) is 3.67. The zero-order chi connectivity index (χ0) is 13.4. The summed E-state index contributed by atoms with van der Waals surface area (Å²) < 4.78 is 0. The fraction of sp³-hybridized carbons (Fsp3) is 1.00. The molecule has 0 radical (unpaired) electrons. The van der Waals surface area contributed by atoms with Crippen molar-refractivity contribution < 1.29 is 0 Å². The lowest BCUT2D eigenvalue weighted by molar-refractivity contribution is 0.182. The standard InChI is InChI=1S/C16H34N2/c1-5-6-7-10-15(4)17-13-16(14(2)3)18-11-8-9-12-18/h14-17H,5-13H2,1-4H3. The average molecular weight is 254 g/mol. The molecule has 18 heavy (non-hydrogen) atoms. The van der Waals surface area contributed by atoms with E-state index in [9.17, 15) is 0 Å². The van der Waals surface area contributed by atoms with E-state index in [4.69, 9.17) is 0 Å². The van der Waals surface area contributed by atoms with E-state index in [-0.39, 0.29) is 0 Å². The first-order valence-corrected chi connectivity index (χ1v) is 8.12. The second kappa shape index (κ2) is 8.92. The van der Waals surface area contributed by atoms with Crippen LogP contribution in [-0.2, 0) is 0 Å². The molecule has 0 aromatic carbocycles. The topological polar surface area (TPSA) is 15.3 Å². The molecule has 2 heteroatoms. The summed E-state index contributed by atoms with van der Waals surface area (Å²) in [5.74, 6) is 0.762. The summed E-state index contributed by atoms with van der Waals surface area (Å²) in [7, 11) is 0. The summed E-state index contributed by atoms with van der Waals surface area (Å²) in [4.78, 5) is 2.69. The molecule has 0 bridgehead atoms. The number of hydrogen-bond acceptors (Lipinski definition) is 2. The molecule has 0 amide bonds. The second-order valence-electron chi connectivity index (χ2n) is 6.36. The maximum atomic E-state index is 3.76. The minimum atomic E-state index is 0.681. The van der Waals surface area contributed by atoms with Gasteiger partial charge in [-0.05, 0) is 45.2 Å². The number of hydrogen-bond donors (Lipinski definition) is 1. The normalized spacial score (nSPS) is 20.5. The molecule has 1 fully saturated rings. The van der Waals surface area contributed by atoms with E-state index < -0.39 is 0 Å². The first kappa shape index (κ1) is 16.0. The third-order valence-corrected chi connectivity index (χ3v) is 4.30. The van der Waals surface area contributed by atoms with Gasteiger partial charge in [0.15, 0.2) is 0 Å². The molecule has 2 unspecified atom stereocenters. The Labute approximate surface area is 115 Å². The first-order chi connectivity index (χ1) is 8.65. The van der Waals surface area contributed by atoms with Crippen molar-refractivity contribution in [1.29, 1.82) is 0 Å². The summed E-state index contributed by atoms with van der Waals surface area (Å²) in [5.41, 5.74) is 0. The van der Waals surface area contributed by atoms with Gasteiger partial charge in [0.1, 0.15) is 0 Å². The van der Waals surface area contributed by atoms with Gasteiger partial charge in [-0.25, -0.2) is 0 Å². The number of likely N-dealkylation sites (tertiary alicyclic amines) is 1. The first-order valence-electron chi connectivity index (χ1n) is 8.12. The number of unbranched alkanes of at least 4 members (excludes halogenated alkanes) is 2. The Kier molecular flexibility index (Phi) is 7.92. The third-order valence-electron chi connectivity index (χ3n) is 4.30. The molecule has 2 atom stereocenters. The van der Waals surface area contributed by atoms with Gasteiger partial charge in [-0.1, -0.05) is 40.0 Å². The SMILES string of the molecule is CCCCCC(C)NCC(C(C)C)N1CCCC1. The molecule has 0 saturated carbocycles. The summed E-state index contributed by atoms with van der Waals surface area (Å²) in [6.45, 7) is 13.2. The van der Waals surface area contributed by atoms with Crippen molar-refractivity contribution in [3.63, 3.8) is 0 Å². The molecule has 0 aromatic heterocycles. The molecule has 1 rings (SSSR count). The van der Waals surface area contributed by atoms with Crippen molar-refractivity contribution in [3.8, 4) is 0 Å². The summed E-state index contributed by atoms with van der Waals surface area (Å²) >= 11 is 0. The van der Waals surface area contributed by atoms with Crippen LogP contribution in [0.25, 0.3) is 0 Å². The Morgan fingerprint density at radius 3 is 2.28 bits per heavy atom. The minimum Gasteiger partial charge on any atom is -0.313 e. The van der Waals surface area contributed by atoms with Crippen LogP contribution in [0.2, 0.25) is 0 Å². The van der Waals surface area contributed by atoms with Gasteiger partial charge in [0.05, 0.1) is 0 Å². The van der Waals surface area contributed by atoms with Crippen molar-refractivity contribution in [3.05, 3.63) is 0 Å². The van der Waals surface area contributed by atoms with Crippen molar-refractivity contribution in [2.24, 2.45) is 5.92 Å². The maximum Gasteiger partial charge on any atom is 0.0243 e. The Morgan fingerprint density at radius 2 is 1.72 bits per heavy atom. The smallest absolute Gasteiger partial charge is 0.0243 e. The summed E-state index contributed by atoms with van der Waals surface area (Å²) in [6.07, 6.45) is 8.21. The summed E-state index contributed by atoms with van der Waals surface area (Å²) in [5, 5.41) is 3.76. The quantitative estimate of drug-likeness (QED) is 0.632. The lowest BCUT2D eigenvalue weighted by Crippen LogP contribution is -2.46. The Balaban J connectivity index is 2.24. The molecule has 1 N–H and O–H groups in total. The largest absolute Gasteiger partial charge is 0.313 e. The molecular formula is C16H34N2. The second-order valence-corrected chi connectivity index (χ2v) is 6.36. The van der Waals surface area contributed by atoms with Gasteiger partial charge in [-0.15, -0.1) is 0 Å². The molecule has 1 heterocycles. The third kappa shape index (κ3) is 5.71. The van der Waals surface area contributed by atoms with Crippen LogP contribution in [0.1, 0.15) is 66.2 Å². The molecule has 108 valence electrons. The lowest BCUT2D eigenvalue weighted by Gasteiger charge is -2.32. The van der Waals surface area contributed by atoms with Gasteiger partial charge in [-0.3, -0.25) is 4.90 Å². The number of rotatable bonds is 9. The van der Waals surface area contributed by atoms with Gasteiger partial charge < -0.3 is 5.32 Å². The van der Waals surface area contributed by atoms with Crippen LogP contribution in [0.3, 0.4) is 0 Å². The highest BCUT2D eigenvalue weighted by molar-refractivity contribution is 4.81. The number of nitrogens with zero attached hydrogens (tertiary/aromatic N) is 1. The zero-order valence-electron chi connectivity index (χ0n) is 13.0. The Bertz CT molecular complexity index is 197. The molecule has 1 aliphatic heterocycles. The van der Waals surface area contributed by atoms with Crippen LogP contribution in [-0.4, -0.2) is 36.6 Å². The fourth-order valence-electron chi connectivity index (χ4n) is 2.98. The van der Waals surface area contributed by atoms with E-state index in [0.29, 0.717) is 6.04 Å². The van der Waals surface area contributed by atoms with Crippen LogP contribution in [0.4, 0.5) is 0 Å².